The second-order valence-corrected chi connectivity index (χ2v) is 11.8. The van der Waals surface area contributed by atoms with E-state index in [0.717, 1.165) is 17.3 Å². The van der Waals surface area contributed by atoms with Crippen molar-refractivity contribution in [2.75, 3.05) is 6.61 Å². The molecule has 3 aromatic carbocycles. The molecular formula is C25H19BrClN3O7S2. The van der Waals surface area contributed by atoms with Gasteiger partial charge >= 0.3 is 10.1 Å². The van der Waals surface area contributed by atoms with Gasteiger partial charge in [0.05, 0.1) is 31.6 Å². The van der Waals surface area contributed by atoms with Crippen molar-refractivity contribution in [1.29, 1.82) is 0 Å². The smallest absolute Gasteiger partial charge is 0.339 e. The zero-order valence-corrected chi connectivity index (χ0v) is 24.3. The van der Waals surface area contributed by atoms with Crippen molar-refractivity contribution in [3.8, 4) is 11.5 Å². The van der Waals surface area contributed by atoms with Crippen LogP contribution in [-0.4, -0.2) is 31.0 Å². The summed E-state index contributed by atoms with van der Waals surface area (Å²) in [5.74, 6) is -0.296. The van der Waals surface area contributed by atoms with Gasteiger partial charge in [0, 0.05) is 12.1 Å². The van der Waals surface area contributed by atoms with Gasteiger partial charge in [-0.1, -0.05) is 29.3 Å². The number of nitro benzene ring substituents is 1. The number of nitrogens with one attached hydrogen (secondary N) is 1. The number of nitro groups is 1. The first kappa shape index (κ1) is 28.6. The first-order valence-corrected chi connectivity index (χ1v) is 14.6. The minimum atomic E-state index is -4.14. The number of halogens is 2. The molecule has 202 valence electrons. The molecule has 4 rings (SSSR count). The van der Waals surface area contributed by atoms with Gasteiger partial charge in [-0.25, -0.2) is 4.99 Å². The lowest BCUT2D eigenvalue weighted by Gasteiger charge is -2.14. The van der Waals surface area contributed by atoms with Gasteiger partial charge in [-0.15, -0.1) is 0 Å². The molecule has 1 saturated heterocycles. The Morgan fingerprint density at radius 1 is 1.18 bits per heavy atom. The SMILES string of the molecule is CCOc1cc(/C=C2/SC(=Nc3ccc([N+](=O)[O-])cc3Cl)NC2=O)cc(Br)c1OS(=O)(=O)c1ccc(C)cc1. The van der Waals surface area contributed by atoms with E-state index in [4.69, 9.17) is 20.5 Å². The Bertz CT molecular complexity index is 1640. The van der Waals surface area contributed by atoms with Gasteiger partial charge in [-0.05, 0) is 83.5 Å². The van der Waals surface area contributed by atoms with Crippen molar-refractivity contribution in [1.82, 2.24) is 5.32 Å². The van der Waals surface area contributed by atoms with Crippen LogP contribution in [0.2, 0.25) is 5.02 Å². The molecule has 0 unspecified atom stereocenters. The molecule has 1 fully saturated rings. The summed E-state index contributed by atoms with van der Waals surface area (Å²) >= 11 is 10.5. The maximum atomic E-state index is 12.9. The van der Waals surface area contributed by atoms with E-state index in [-0.39, 0.29) is 44.6 Å². The molecule has 39 heavy (non-hydrogen) atoms. The minimum absolute atomic E-state index is 0.00684. The summed E-state index contributed by atoms with van der Waals surface area (Å²) in [6, 6.07) is 13.2. The third kappa shape index (κ3) is 6.79. The second kappa shape index (κ2) is 11.8. The molecule has 1 aliphatic heterocycles. The molecule has 0 saturated carbocycles. The number of thioether (sulfide) groups is 1. The monoisotopic (exact) mass is 651 g/mol. The van der Waals surface area contributed by atoms with Gasteiger partial charge < -0.3 is 14.2 Å². The average molecular weight is 653 g/mol. The normalized spacial score (nSPS) is 15.4. The zero-order valence-electron chi connectivity index (χ0n) is 20.3. The van der Waals surface area contributed by atoms with Crippen LogP contribution in [0, 0.1) is 17.0 Å². The van der Waals surface area contributed by atoms with Crippen LogP contribution in [0.3, 0.4) is 0 Å². The van der Waals surface area contributed by atoms with E-state index in [2.05, 4.69) is 26.2 Å². The maximum Gasteiger partial charge on any atom is 0.339 e. The molecule has 0 bridgehead atoms. The van der Waals surface area contributed by atoms with E-state index in [0.29, 0.717) is 14.9 Å². The number of non-ortho nitro benzene ring substituents is 1. The van der Waals surface area contributed by atoms with Gasteiger partial charge in [-0.2, -0.15) is 8.42 Å². The third-order valence-electron chi connectivity index (χ3n) is 5.15. The Kier molecular flexibility index (Phi) is 8.64. The van der Waals surface area contributed by atoms with Crippen LogP contribution in [0.5, 0.6) is 11.5 Å². The van der Waals surface area contributed by atoms with Crippen LogP contribution in [0.4, 0.5) is 11.4 Å². The topological polar surface area (TPSA) is 137 Å². The number of amidine groups is 1. The standard InChI is InChI=1S/C25H19BrClN3O7S2/c1-3-36-21-11-15(10-18(26)23(21)37-39(34,35)17-7-4-14(2)5-8-17)12-22-24(31)29-25(38-22)28-20-9-6-16(30(32)33)13-19(20)27/h4-13H,3H2,1-2H3,(H,28,29,31)/b22-12+. The molecule has 0 radical (unpaired) electrons. The number of carbonyl (C=O) groups excluding carboxylic acids is 1. The minimum Gasteiger partial charge on any atom is -0.490 e. The van der Waals surface area contributed by atoms with Gasteiger partial charge in [0.1, 0.15) is 4.90 Å². The summed E-state index contributed by atoms with van der Waals surface area (Å²) < 4.78 is 37.1. The van der Waals surface area contributed by atoms with Crippen molar-refractivity contribution in [3.63, 3.8) is 0 Å². The second-order valence-electron chi connectivity index (χ2n) is 7.99. The lowest BCUT2D eigenvalue weighted by atomic mass is 10.2. The first-order valence-electron chi connectivity index (χ1n) is 11.2. The fraction of sp³-hybridized carbons (Fsp3) is 0.120. The van der Waals surface area contributed by atoms with Crippen molar-refractivity contribution < 1.29 is 27.1 Å². The summed E-state index contributed by atoms with van der Waals surface area (Å²) in [4.78, 5) is 27.5. The van der Waals surface area contributed by atoms with E-state index >= 15 is 0 Å². The molecule has 1 N–H and O–H groups in total. The van der Waals surface area contributed by atoms with E-state index in [1.54, 1.807) is 37.3 Å². The number of aryl methyl sites for hydroxylation is 1. The van der Waals surface area contributed by atoms with Crippen molar-refractivity contribution in [2.45, 2.75) is 18.7 Å². The molecule has 1 amide bonds. The maximum absolute atomic E-state index is 12.9. The van der Waals surface area contributed by atoms with Crippen LogP contribution in [0.1, 0.15) is 18.1 Å². The Hall–Kier alpha value is -3.39. The fourth-order valence-corrected chi connectivity index (χ4v) is 5.98. The highest BCUT2D eigenvalue weighted by Crippen LogP contribution is 2.40. The highest BCUT2D eigenvalue weighted by Gasteiger charge is 2.26. The summed E-state index contributed by atoms with van der Waals surface area (Å²) in [7, 11) is -4.14. The molecule has 1 heterocycles. The van der Waals surface area contributed by atoms with Gasteiger partial charge in [0.25, 0.3) is 11.6 Å². The predicted molar refractivity (Wildman–Crippen MR) is 153 cm³/mol. The number of carbonyl (C=O) groups is 1. The lowest BCUT2D eigenvalue weighted by Crippen LogP contribution is -2.19. The number of hydrogen-bond acceptors (Lipinski definition) is 9. The molecule has 3 aromatic rings. The summed E-state index contributed by atoms with van der Waals surface area (Å²) in [5.41, 5.74) is 1.50. The Morgan fingerprint density at radius 3 is 2.54 bits per heavy atom. The van der Waals surface area contributed by atoms with Crippen LogP contribution >= 0.6 is 39.3 Å². The number of amides is 1. The Labute approximate surface area is 241 Å². The van der Waals surface area contributed by atoms with Crippen molar-refractivity contribution in [2.24, 2.45) is 4.99 Å². The number of rotatable bonds is 8. The molecule has 1 aliphatic rings. The van der Waals surface area contributed by atoms with Crippen LogP contribution in [0.15, 0.2) is 73.9 Å². The Balaban J connectivity index is 1.61. The Morgan fingerprint density at radius 2 is 1.90 bits per heavy atom. The molecule has 14 heteroatoms. The molecule has 10 nitrogen and oxygen atoms in total. The first-order chi connectivity index (χ1) is 18.5. The lowest BCUT2D eigenvalue weighted by molar-refractivity contribution is -0.384. The zero-order chi connectivity index (χ0) is 28.3. The molecular weight excluding hydrogens is 634 g/mol. The third-order valence-corrected chi connectivity index (χ3v) is 8.18. The molecule has 0 aliphatic carbocycles. The van der Waals surface area contributed by atoms with E-state index in [1.165, 1.54) is 30.3 Å². The number of ether oxygens (including phenoxy) is 1. The van der Waals surface area contributed by atoms with Gasteiger partial charge in [0.2, 0.25) is 0 Å². The highest BCUT2D eigenvalue weighted by molar-refractivity contribution is 9.10. The van der Waals surface area contributed by atoms with E-state index in [9.17, 15) is 23.3 Å². The van der Waals surface area contributed by atoms with E-state index in [1.807, 2.05) is 6.92 Å². The van der Waals surface area contributed by atoms with E-state index < -0.39 is 20.9 Å². The molecule has 0 spiro atoms. The quantitative estimate of drug-likeness (QED) is 0.128. The van der Waals surface area contributed by atoms with Crippen molar-refractivity contribution in [3.05, 3.63) is 90.2 Å². The van der Waals surface area contributed by atoms with Gasteiger partial charge in [0.15, 0.2) is 16.7 Å². The summed E-state index contributed by atoms with van der Waals surface area (Å²) in [5, 5.41) is 13.8. The fourth-order valence-electron chi connectivity index (χ4n) is 3.32. The number of benzene rings is 3. The summed E-state index contributed by atoms with van der Waals surface area (Å²) in [6.07, 6.45) is 1.57. The van der Waals surface area contributed by atoms with Crippen LogP contribution in [0.25, 0.3) is 6.08 Å². The predicted octanol–water partition coefficient (Wildman–Crippen LogP) is 6.38. The summed E-state index contributed by atoms with van der Waals surface area (Å²) in [6.45, 7) is 3.82. The van der Waals surface area contributed by atoms with Gasteiger partial charge in [-0.3, -0.25) is 14.9 Å². The number of hydrogen-bond donors (Lipinski definition) is 1. The average Bonchev–Trinajstić information content (AvgIpc) is 3.21. The molecule has 0 aromatic heterocycles. The number of nitrogens with zero attached hydrogens (tertiary/aromatic N) is 2. The molecule has 0 atom stereocenters. The van der Waals surface area contributed by atoms with Crippen LogP contribution < -0.4 is 14.2 Å². The highest BCUT2D eigenvalue weighted by atomic mass is 79.9. The largest absolute Gasteiger partial charge is 0.490 e. The van der Waals surface area contributed by atoms with Crippen molar-refractivity contribution >= 4 is 77.9 Å². The van der Waals surface area contributed by atoms with Crippen LogP contribution in [-0.2, 0) is 14.9 Å². The number of aliphatic imine (C=N–C) groups is 1.